The van der Waals surface area contributed by atoms with Crippen LogP contribution in [-0.2, 0) is 0 Å². The average molecular weight is 230 g/mol. The first-order chi connectivity index (χ1) is 6.17. The van der Waals surface area contributed by atoms with Crippen LogP contribution in [0.5, 0.6) is 0 Å². The summed E-state index contributed by atoms with van der Waals surface area (Å²) in [6.45, 7) is 0. The van der Waals surface area contributed by atoms with Gasteiger partial charge in [0.1, 0.15) is 0 Å². The van der Waals surface area contributed by atoms with Crippen LogP contribution in [0.25, 0.3) is 0 Å². The van der Waals surface area contributed by atoms with E-state index in [2.05, 4.69) is 0 Å². The van der Waals surface area contributed by atoms with Crippen molar-refractivity contribution in [1.29, 1.82) is 0 Å². The molecule has 1 aromatic carbocycles. The maximum Gasteiger partial charge on any atom is 0.335 e. The first kappa shape index (κ1) is 10.8. The lowest BCUT2D eigenvalue weighted by Gasteiger charge is -2.29. The molecule has 0 amide bonds. The van der Waals surface area contributed by atoms with E-state index in [4.69, 9.17) is 5.11 Å². The molecule has 7 heteroatoms. The summed E-state index contributed by atoms with van der Waals surface area (Å²) >= 11 is 0. The number of hydrogen-bond donors (Lipinski definition) is 2. The monoisotopic (exact) mass is 230 g/mol. The number of carbonyl (C=O) groups is 1. The molecule has 0 fully saturated rings. The summed E-state index contributed by atoms with van der Waals surface area (Å²) < 4.78 is 48.8. The van der Waals surface area contributed by atoms with Crippen molar-refractivity contribution >= 4 is 16.7 Å². The molecule has 0 aliphatic rings. The zero-order valence-corrected chi connectivity index (χ0v) is 7.52. The molecular weight excluding hydrogens is 224 g/mol. The Bertz CT molecular complexity index is 376. The third-order valence-electron chi connectivity index (χ3n) is 1.48. The lowest BCUT2D eigenvalue weighted by molar-refractivity contribution is 0.0696. The van der Waals surface area contributed by atoms with Gasteiger partial charge in [-0.3, -0.25) is 0 Å². The Morgan fingerprint density at radius 1 is 1.21 bits per heavy atom. The van der Waals surface area contributed by atoms with E-state index in [-0.39, 0.29) is 0 Å². The van der Waals surface area contributed by atoms with E-state index in [9.17, 15) is 20.3 Å². The van der Waals surface area contributed by atoms with Gasteiger partial charge in [-0.05, 0) is 18.2 Å². The van der Waals surface area contributed by atoms with E-state index in [1.54, 1.807) is 0 Å². The van der Waals surface area contributed by atoms with Crippen LogP contribution in [0.1, 0.15) is 10.4 Å². The van der Waals surface area contributed by atoms with E-state index >= 15 is 0 Å². The average Bonchev–Trinajstić information content (AvgIpc) is 2.02. The molecular formula is C7H6F4O2S. The Morgan fingerprint density at radius 2 is 1.79 bits per heavy atom. The Balaban J connectivity index is 3.27. The van der Waals surface area contributed by atoms with Crippen molar-refractivity contribution in [3.63, 3.8) is 0 Å². The van der Waals surface area contributed by atoms with Gasteiger partial charge in [-0.15, -0.1) is 15.5 Å². The molecule has 0 aromatic heterocycles. The second-order valence-corrected chi connectivity index (χ2v) is 4.54. The number of carboxylic acids is 1. The lowest BCUT2D eigenvalue weighted by atomic mass is 10.2. The number of carboxylic acid groups (broad SMARTS) is 1. The number of aromatic carboxylic acids is 1. The van der Waals surface area contributed by atoms with Gasteiger partial charge in [-0.2, -0.15) is 0 Å². The van der Waals surface area contributed by atoms with Crippen LogP contribution in [0, 0.1) is 0 Å². The fraction of sp³-hybridized carbons (Fsp3) is 0. The predicted molar refractivity (Wildman–Crippen MR) is 45.1 cm³/mol. The number of hydrogen-bond acceptors (Lipinski definition) is 1. The summed E-state index contributed by atoms with van der Waals surface area (Å²) in [6, 6.07) is 2.64. The largest absolute Gasteiger partial charge is 0.478 e. The molecule has 0 unspecified atom stereocenters. The highest BCUT2D eigenvalue weighted by Crippen LogP contribution is 2.81. The third kappa shape index (κ3) is 2.38. The van der Waals surface area contributed by atoms with Gasteiger partial charge in [-0.25, -0.2) is 4.79 Å². The highest BCUT2D eigenvalue weighted by molar-refractivity contribution is 8.33. The summed E-state index contributed by atoms with van der Waals surface area (Å²) in [5.74, 6) is -1.52. The zero-order chi connectivity index (χ0) is 11.0. The summed E-state index contributed by atoms with van der Waals surface area (Å²) in [7, 11) is -7.84. The van der Waals surface area contributed by atoms with E-state index < -0.39 is 27.1 Å². The fourth-order valence-electron chi connectivity index (χ4n) is 0.849. The zero-order valence-electron chi connectivity index (χ0n) is 6.62. The SMILES string of the molecule is O=C(O)c1cccc([SH](F)(F)(F)F)c1. The van der Waals surface area contributed by atoms with Gasteiger partial charge in [0.25, 0.3) is 0 Å². The smallest absolute Gasteiger partial charge is 0.335 e. The summed E-state index contributed by atoms with van der Waals surface area (Å²) in [6.07, 6.45) is 0. The van der Waals surface area contributed by atoms with Crippen molar-refractivity contribution in [2.75, 3.05) is 0 Å². The van der Waals surface area contributed by atoms with Crippen LogP contribution in [0.2, 0.25) is 0 Å². The minimum Gasteiger partial charge on any atom is -0.478 e. The molecule has 0 aliphatic heterocycles. The Morgan fingerprint density at radius 3 is 2.21 bits per heavy atom. The molecule has 0 spiro atoms. The van der Waals surface area contributed by atoms with Crippen molar-refractivity contribution < 1.29 is 25.4 Å². The third-order valence-corrected chi connectivity index (χ3v) is 2.54. The molecule has 1 N–H and O–H groups in total. The number of halogens is 4. The number of benzene rings is 1. The summed E-state index contributed by atoms with van der Waals surface area (Å²) in [5, 5.41) is 8.38. The van der Waals surface area contributed by atoms with Gasteiger partial charge >= 0.3 is 5.97 Å². The van der Waals surface area contributed by atoms with Gasteiger partial charge in [0.2, 0.25) is 0 Å². The fourth-order valence-corrected chi connectivity index (χ4v) is 1.49. The van der Waals surface area contributed by atoms with Gasteiger partial charge in [0.15, 0.2) is 10.7 Å². The highest BCUT2D eigenvalue weighted by Gasteiger charge is 2.39. The highest BCUT2D eigenvalue weighted by atomic mass is 32.4. The van der Waals surface area contributed by atoms with E-state index in [0.717, 1.165) is 12.1 Å². The van der Waals surface area contributed by atoms with Gasteiger partial charge in [0, 0.05) is 0 Å². The van der Waals surface area contributed by atoms with Crippen molar-refractivity contribution in [2.45, 2.75) is 4.90 Å². The molecule has 80 valence electrons. The lowest BCUT2D eigenvalue weighted by Crippen LogP contribution is -1.99. The van der Waals surface area contributed by atoms with Crippen molar-refractivity contribution in [1.82, 2.24) is 0 Å². The molecule has 0 heterocycles. The Hall–Kier alpha value is -1.24. The Kier molecular flexibility index (Phi) is 2.23. The van der Waals surface area contributed by atoms with Crippen LogP contribution >= 0.6 is 10.7 Å². The maximum atomic E-state index is 12.2. The molecule has 1 rings (SSSR count). The molecule has 2 nitrogen and oxygen atoms in total. The van der Waals surface area contributed by atoms with Crippen LogP contribution in [-0.4, -0.2) is 11.1 Å². The van der Waals surface area contributed by atoms with Crippen LogP contribution in [0.15, 0.2) is 29.2 Å². The van der Waals surface area contributed by atoms with Crippen LogP contribution in [0.4, 0.5) is 15.5 Å². The first-order valence-corrected chi connectivity index (χ1v) is 5.20. The molecule has 0 aliphatic carbocycles. The van der Waals surface area contributed by atoms with E-state index in [0.29, 0.717) is 12.1 Å². The Labute approximate surface area is 77.6 Å². The quantitative estimate of drug-likeness (QED) is 0.603. The molecule has 0 saturated heterocycles. The van der Waals surface area contributed by atoms with Gasteiger partial charge < -0.3 is 5.11 Å². The molecule has 0 saturated carbocycles. The molecule has 1 aromatic rings. The van der Waals surface area contributed by atoms with E-state index in [1.165, 1.54) is 0 Å². The topological polar surface area (TPSA) is 37.3 Å². The summed E-state index contributed by atoms with van der Waals surface area (Å²) in [4.78, 5) is 8.81. The molecule has 14 heavy (non-hydrogen) atoms. The minimum atomic E-state index is -7.84. The van der Waals surface area contributed by atoms with Crippen molar-refractivity contribution in [2.24, 2.45) is 0 Å². The van der Waals surface area contributed by atoms with Crippen LogP contribution < -0.4 is 0 Å². The summed E-state index contributed by atoms with van der Waals surface area (Å²) in [5.41, 5.74) is -0.581. The minimum absolute atomic E-state index is 0.292. The second kappa shape index (κ2) is 2.88. The van der Waals surface area contributed by atoms with Crippen LogP contribution in [0.3, 0.4) is 0 Å². The van der Waals surface area contributed by atoms with Crippen molar-refractivity contribution in [3.05, 3.63) is 29.8 Å². The van der Waals surface area contributed by atoms with Gasteiger partial charge in [-0.1, -0.05) is 6.07 Å². The normalized spacial score (nSPS) is 14.4. The van der Waals surface area contributed by atoms with E-state index in [1.807, 2.05) is 0 Å². The first-order valence-electron chi connectivity index (χ1n) is 3.40. The van der Waals surface area contributed by atoms with Crippen molar-refractivity contribution in [3.8, 4) is 0 Å². The standard InChI is InChI=1S/C7H6F4O2S/c8-14(9,10,11)6-3-1-2-5(4-6)7(12)13/h1-4,14H,(H,12,13). The second-order valence-electron chi connectivity index (χ2n) is 2.58. The molecule has 0 atom stereocenters. The van der Waals surface area contributed by atoms with Gasteiger partial charge in [0.05, 0.1) is 10.5 Å². The predicted octanol–water partition coefficient (Wildman–Crippen LogP) is 3.35. The maximum absolute atomic E-state index is 12.2. The number of rotatable bonds is 2. The molecule has 0 radical (unpaired) electrons. The molecule has 0 bridgehead atoms. The number of thiol groups is 1.